The number of nitrogens with zero attached hydrogens (tertiary/aromatic N) is 1. The standard InChI is InChI=1S/C23H30N6O4/c1-3-13(2)20(23(32)33)29-22(31)19(9-15-11-25-12-27-15)28-21(30)17(24)8-14-10-26-18-7-5-4-6-16(14)18/h4-7,10-13,17,19-20,26H,3,8-9,24H2,1-2H3,(H,25,27)(H,28,30)(H,29,31)(H,32,33). The van der Waals surface area contributed by atoms with Gasteiger partial charge >= 0.3 is 5.97 Å². The van der Waals surface area contributed by atoms with E-state index in [9.17, 15) is 19.5 Å². The number of hydrogen-bond donors (Lipinski definition) is 6. The van der Waals surface area contributed by atoms with E-state index in [-0.39, 0.29) is 18.8 Å². The summed E-state index contributed by atoms with van der Waals surface area (Å²) >= 11 is 0. The molecule has 2 heterocycles. The molecular formula is C23H30N6O4. The topological polar surface area (TPSA) is 166 Å². The van der Waals surface area contributed by atoms with Gasteiger partial charge in [-0.05, 0) is 24.0 Å². The van der Waals surface area contributed by atoms with Crippen LogP contribution in [-0.4, -0.2) is 56.0 Å². The van der Waals surface area contributed by atoms with Gasteiger partial charge in [-0.2, -0.15) is 0 Å². The number of imidazole rings is 1. The molecule has 4 atom stereocenters. The van der Waals surface area contributed by atoms with Gasteiger partial charge in [0.25, 0.3) is 0 Å². The summed E-state index contributed by atoms with van der Waals surface area (Å²) in [5.41, 5.74) is 8.63. The number of fused-ring (bicyclic) bond motifs is 1. The quantitative estimate of drug-likeness (QED) is 0.254. The average molecular weight is 455 g/mol. The monoisotopic (exact) mass is 454 g/mol. The maximum atomic E-state index is 13.0. The lowest BCUT2D eigenvalue weighted by molar-refractivity contribution is -0.143. The molecule has 0 aliphatic carbocycles. The van der Waals surface area contributed by atoms with Crippen molar-refractivity contribution in [3.8, 4) is 0 Å². The fourth-order valence-electron chi connectivity index (χ4n) is 3.67. The highest BCUT2D eigenvalue weighted by molar-refractivity contribution is 5.92. The van der Waals surface area contributed by atoms with Gasteiger partial charge in [0, 0.05) is 35.4 Å². The first-order chi connectivity index (χ1) is 15.8. The lowest BCUT2D eigenvalue weighted by Crippen LogP contribution is -2.56. The molecule has 10 nitrogen and oxygen atoms in total. The Hall–Kier alpha value is -3.66. The summed E-state index contributed by atoms with van der Waals surface area (Å²) in [4.78, 5) is 47.5. The number of benzene rings is 1. The Morgan fingerprint density at radius 1 is 1.12 bits per heavy atom. The molecular weight excluding hydrogens is 424 g/mol. The summed E-state index contributed by atoms with van der Waals surface area (Å²) in [6.45, 7) is 3.60. The van der Waals surface area contributed by atoms with Crippen LogP contribution in [0.2, 0.25) is 0 Å². The molecule has 0 bridgehead atoms. The molecule has 3 rings (SSSR count). The Morgan fingerprint density at radius 2 is 1.88 bits per heavy atom. The highest BCUT2D eigenvalue weighted by Gasteiger charge is 2.31. The first kappa shape index (κ1) is 24.0. The van der Waals surface area contributed by atoms with Gasteiger partial charge in [-0.3, -0.25) is 9.59 Å². The van der Waals surface area contributed by atoms with Crippen LogP contribution in [0.1, 0.15) is 31.5 Å². The fraction of sp³-hybridized carbons (Fsp3) is 0.391. The molecule has 0 spiro atoms. The average Bonchev–Trinajstić information content (AvgIpc) is 3.46. The number of aromatic nitrogens is 3. The minimum Gasteiger partial charge on any atom is -0.480 e. The van der Waals surface area contributed by atoms with Crippen LogP contribution in [0.3, 0.4) is 0 Å². The second kappa shape index (κ2) is 10.8. The van der Waals surface area contributed by atoms with Crippen LogP contribution >= 0.6 is 0 Å². The van der Waals surface area contributed by atoms with E-state index in [1.165, 1.54) is 6.33 Å². The number of carbonyl (C=O) groups excluding carboxylic acids is 2. The maximum absolute atomic E-state index is 13.0. The van der Waals surface area contributed by atoms with Gasteiger partial charge in [0.15, 0.2) is 0 Å². The van der Waals surface area contributed by atoms with Crippen molar-refractivity contribution in [3.63, 3.8) is 0 Å². The van der Waals surface area contributed by atoms with Crippen LogP contribution in [0.4, 0.5) is 0 Å². The molecule has 4 unspecified atom stereocenters. The molecule has 33 heavy (non-hydrogen) atoms. The predicted octanol–water partition coefficient (Wildman–Crippen LogP) is 1.10. The van der Waals surface area contributed by atoms with Gasteiger partial charge < -0.3 is 31.4 Å². The Kier molecular flexibility index (Phi) is 7.83. The Bertz CT molecular complexity index is 1090. The van der Waals surface area contributed by atoms with E-state index in [2.05, 4.69) is 25.6 Å². The van der Waals surface area contributed by atoms with E-state index in [1.807, 2.05) is 37.4 Å². The molecule has 7 N–H and O–H groups in total. The van der Waals surface area contributed by atoms with E-state index < -0.39 is 35.9 Å². The molecule has 2 amide bonds. The van der Waals surface area contributed by atoms with Crippen LogP contribution in [0.25, 0.3) is 10.9 Å². The molecule has 0 saturated heterocycles. The number of nitrogens with one attached hydrogen (secondary N) is 4. The summed E-state index contributed by atoms with van der Waals surface area (Å²) in [7, 11) is 0. The number of nitrogens with two attached hydrogens (primary N) is 1. The minimum atomic E-state index is -1.12. The highest BCUT2D eigenvalue weighted by atomic mass is 16.4. The first-order valence-electron chi connectivity index (χ1n) is 10.9. The zero-order valence-corrected chi connectivity index (χ0v) is 18.7. The number of carbonyl (C=O) groups is 3. The molecule has 2 aromatic heterocycles. The third-order valence-corrected chi connectivity index (χ3v) is 5.84. The lowest BCUT2D eigenvalue weighted by Gasteiger charge is -2.25. The molecule has 0 radical (unpaired) electrons. The summed E-state index contributed by atoms with van der Waals surface area (Å²) in [6, 6.07) is 4.73. The van der Waals surface area contributed by atoms with Crippen molar-refractivity contribution >= 4 is 28.7 Å². The van der Waals surface area contributed by atoms with Crippen LogP contribution < -0.4 is 16.4 Å². The summed E-state index contributed by atoms with van der Waals surface area (Å²) in [5.74, 6) is -2.50. The third kappa shape index (κ3) is 5.98. The molecule has 1 aromatic carbocycles. The molecule has 3 aromatic rings. The van der Waals surface area contributed by atoms with Crippen molar-refractivity contribution < 1.29 is 19.5 Å². The second-order valence-corrected chi connectivity index (χ2v) is 8.22. The number of amides is 2. The van der Waals surface area contributed by atoms with E-state index in [0.717, 1.165) is 16.5 Å². The first-order valence-corrected chi connectivity index (χ1v) is 10.9. The van der Waals surface area contributed by atoms with Crippen molar-refractivity contribution in [2.45, 2.75) is 51.2 Å². The van der Waals surface area contributed by atoms with E-state index >= 15 is 0 Å². The molecule has 10 heteroatoms. The molecule has 0 aliphatic heterocycles. The zero-order chi connectivity index (χ0) is 24.0. The van der Waals surface area contributed by atoms with Gasteiger partial charge in [0.2, 0.25) is 11.8 Å². The van der Waals surface area contributed by atoms with Crippen molar-refractivity contribution in [2.24, 2.45) is 11.7 Å². The number of para-hydroxylation sites is 1. The largest absolute Gasteiger partial charge is 0.480 e. The van der Waals surface area contributed by atoms with E-state index in [4.69, 9.17) is 5.73 Å². The summed E-state index contributed by atoms with van der Waals surface area (Å²) < 4.78 is 0. The number of H-pyrrole nitrogens is 2. The smallest absolute Gasteiger partial charge is 0.326 e. The van der Waals surface area contributed by atoms with Gasteiger partial charge in [-0.1, -0.05) is 38.5 Å². The van der Waals surface area contributed by atoms with E-state index in [0.29, 0.717) is 12.1 Å². The Labute approximate surface area is 191 Å². The Morgan fingerprint density at radius 3 is 2.55 bits per heavy atom. The molecule has 0 aliphatic rings. The van der Waals surface area contributed by atoms with Gasteiger partial charge in [-0.25, -0.2) is 9.78 Å². The number of hydrogen-bond acceptors (Lipinski definition) is 5. The van der Waals surface area contributed by atoms with Crippen molar-refractivity contribution in [3.05, 3.63) is 54.2 Å². The van der Waals surface area contributed by atoms with Crippen molar-refractivity contribution in [1.82, 2.24) is 25.6 Å². The molecule has 0 fully saturated rings. The van der Waals surface area contributed by atoms with Gasteiger partial charge in [0.1, 0.15) is 12.1 Å². The highest BCUT2D eigenvalue weighted by Crippen LogP contribution is 2.19. The van der Waals surface area contributed by atoms with Crippen molar-refractivity contribution in [2.75, 3.05) is 0 Å². The van der Waals surface area contributed by atoms with Gasteiger partial charge in [-0.15, -0.1) is 0 Å². The molecule has 0 saturated carbocycles. The number of aliphatic carboxylic acids is 1. The molecule has 176 valence electrons. The summed E-state index contributed by atoms with van der Waals surface area (Å²) in [5, 5.41) is 15.7. The van der Waals surface area contributed by atoms with Crippen LogP contribution in [0.15, 0.2) is 43.0 Å². The fourth-order valence-corrected chi connectivity index (χ4v) is 3.67. The van der Waals surface area contributed by atoms with Crippen LogP contribution in [0.5, 0.6) is 0 Å². The normalized spacial score (nSPS) is 14.9. The number of rotatable bonds is 11. The maximum Gasteiger partial charge on any atom is 0.326 e. The van der Waals surface area contributed by atoms with Gasteiger partial charge in [0.05, 0.1) is 12.4 Å². The number of carboxylic acid groups (broad SMARTS) is 1. The third-order valence-electron chi connectivity index (χ3n) is 5.84. The van der Waals surface area contributed by atoms with Crippen molar-refractivity contribution in [1.29, 1.82) is 0 Å². The number of aromatic amines is 2. The van der Waals surface area contributed by atoms with Crippen LogP contribution in [0, 0.1) is 5.92 Å². The van der Waals surface area contributed by atoms with E-state index in [1.54, 1.807) is 13.1 Å². The van der Waals surface area contributed by atoms with Crippen LogP contribution in [-0.2, 0) is 27.2 Å². The Balaban J connectivity index is 1.72. The minimum absolute atomic E-state index is 0.115. The summed E-state index contributed by atoms with van der Waals surface area (Å²) in [6.07, 6.45) is 5.79. The SMILES string of the molecule is CCC(C)C(NC(=O)C(Cc1cnc[nH]1)NC(=O)C(N)Cc1c[nH]c2ccccc12)C(=O)O. The zero-order valence-electron chi connectivity index (χ0n) is 18.7. The number of carboxylic acids is 1. The second-order valence-electron chi connectivity index (χ2n) is 8.22. The lowest BCUT2D eigenvalue weighted by atomic mass is 9.98. The predicted molar refractivity (Wildman–Crippen MR) is 123 cm³/mol.